The van der Waals surface area contributed by atoms with Crippen molar-refractivity contribution >= 4 is 5.91 Å². The highest BCUT2D eigenvalue weighted by Gasteiger charge is 2.34. The van der Waals surface area contributed by atoms with E-state index in [-0.39, 0.29) is 5.91 Å². The third kappa shape index (κ3) is 4.55. The SMILES string of the molecule is CCOCc1ccccc1CNC(=O)CC1CC2CCC(C1)N2. The van der Waals surface area contributed by atoms with Crippen LogP contribution in [0.3, 0.4) is 0 Å². The van der Waals surface area contributed by atoms with Gasteiger partial charge in [0.05, 0.1) is 6.61 Å². The minimum absolute atomic E-state index is 0.183. The Morgan fingerprint density at radius 1 is 1.22 bits per heavy atom. The van der Waals surface area contributed by atoms with Gasteiger partial charge in [0.2, 0.25) is 5.91 Å². The van der Waals surface area contributed by atoms with Crippen LogP contribution in [0.2, 0.25) is 0 Å². The van der Waals surface area contributed by atoms with Crippen molar-refractivity contribution in [1.29, 1.82) is 0 Å². The van der Waals surface area contributed by atoms with Gasteiger partial charge in [-0.15, -0.1) is 0 Å². The van der Waals surface area contributed by atoms with E-state index in [0.29, 0.717) is 44.2 Å². The predicted molar refractivity (Wildman–Crippen MR) is 90.9 cm³/mol. The Hall–Kier alpha value is -1.39. The molecule has 2 bridgehead atoms. The zero-order chi connectivity index (χ0) is 16.1. The summed E-state index contributed by atoms with van der Waals surface area (Å²) < 4.78 is 5.50. The van der Waals surface area contributed by atoms with Crippen LogP contribution in [-0.2, 0) is 22.7 Å². The number of ether oxygens (including phenoxy) is 1. The number of nitrogens with one attached hydrogen (secondary N) is 2. The van der Waals surface area contributed by atoms with Crippen LogP contribution < -0.4 is 10.6 Å². The molecule has 4 heteroatoms. The van der Waals surface area contributed by atoms with E-state index in [1.54, 1.807) is 0 Å². The van der Waals surface area contributed by atoms with Crippen LogP contribution >= 0.6 is 0 Å². The maximum Gasteiger partial charge on any atom is 0.220 e. The number of fused-ring (bicyclic) bond motifs is 2. The van der Waals surface area contributed by atoms with Crippen molar-refractivity contribution in [3.63, 3.8) is 0 Å². The maximum absolute atomic E-state index is 12.3. The quantitative estimate of drug-likeness (QED) is 0.813. The molecule has 0 saturated carbocycles. The Kier molecular flexibility index (Phi) is 5.68. The summed E-state index contributed by atoms with van der Waals surface area (Å²) in [5, 5.41) is 6.73. The van der Waals surface area contributed by atoms with Gasteiger partial charge in [0, 0.05) is 31.7 Å². The smallest absolute Gasteiger partial charge is 0.220 e. The van der Waals surface area contributed by atoms with Crippen LogP contribution in [0.4, 0.5) is 0 Å². The largest absolute Gasteiger partial charge is 0.377 e. The third-order valence-corrected chi connectivity index (χ3v) is 5.10. The molecule has 126 valence electrons. The second kappa shape index (κ2) is 7.93. The van der Waals surface area contributed by atoms with Gasteiger partial charge in [-0.05, 0) is 49.7 Å². The van der Waals surface area contributed by atoms with E-state index in [0.717, 1.165) is 24.0 Å². The van der Waals surface area contributed by atoms with E-state index in [9.17, 15) is 4.79 Å². The molecule has 0 spiro atoms. The first-order valence-corrected chi connectivity index (χ1v) is 8.92. The summed E-state index contributed by atoms with van der Waals surface area (Å²) in [4.78, 5) is 12.3. The normalized spacial score (nSPS) is 26.2. The topological polar surface area (TPSA) is 50.4 Å². The third-order valence-electron chi connectivity index (χ3n) is 5.10. The van der Waals surface area contributed by atoms with Gasteiger partial charge in [-0.3, -0.25) is 4.79 Å². The van der Waals surface area contributed by atoms with Gasteiger partial charge in [-0.25, -0.2) is 0 Å². The van der Waals surface area contributed by atoms with Crippen LogP contribution in [0.25, 0.3) is 0 Å². The van der Waals surface area contributed by atoms with E-state index < -0.39 is 0 Å². The molecule has 2 fully saturated rings. The highest BCUT2D eigenvalue weighted by molar-refractivity contribution is 5.76. The lowest BCUT2D eigenvalue weighted by molar-refractivity contribution is -0.122. The fraction of sp³-hybridized carbons (Fsp3) is 0.632. The van der Waals surface area contributed by atoms with Crippen molar-refractivity contribution in [2.24, 2.45) is 5.92 Å². The van der Waals surface area contributed by atoms with Crippen molar-refractivity contribution in [3.8, 4) is 0 Å². The molecule has 2 N–H and O–H groups in total. The monoisotopic (exact) mass is 316 g/mol. The number of piperidine rings is 1. The molecule has 2 saturated heterocycles. The van der Waals surface area contributed by atoms with Crippen LogP contribution in [-0.4, -0.2) is 24.6 Å². The van der Waals surface area contributed by atoms with Gasteiger partial charge < -0.3 is 15.4 Å². The van der Waals surface area contributed by atoms with Crippen molar-refractivity contribution in [1.82, 2.24) is 10.6 Å². The molecule has 2 heterocycles. The average Bonchev–Trinajstić information content (AvgIpc) is 2.90. The zero-order valence-electron chi connectivity index (χ0n) is 14.0. The van der Waals surface area contributed by atoms with Gasteiger partial charge in [-0.2, -0.15) is 0 Å². The molecule has 1 amide bonds. The maximum atomic E-state index is 12.3. The number of carbonyl (C=O) groups is 1. The van der Waals surface area contributed by atoms with Gasteiger partial charge in [0.15, 0.2) is 0 Å². The lowest BCUT2D eigenvalue weighted by atomic mass is 9.89. The minimum atomic E-state index is 0.183. The van der Waals surface area contributed by atoms with Crippen LogP contribution in [0.15, 0.2) is 24.3 Å². The van der Waals surface area contributed by atoms with Gasteiger partial charge >= 0.3 is 0 Å². The summed E-state index contributed by atoms with van der Waals surface area (Å²) in [6, 6.07) is 9.48. The standard InChI is InChI=1S/C19H28N2O2/c1-2-23-13-16-6-4-3-5-15(16)12-20-19(22)11-14-9-17-7-8-18(10-14)21-17/h3-6,14,17-18,21H,2,7-13H2,1H3,(H,20,22). The van der Waals surface area contributed by atoms with Crippen molar-refractivity contribution in [2.45, 2.75) is 64.3 Å². The molecular formula is C19H28N2O2. The molecule has 2 unspecified atom stereocenters. The van der Waals surface area contributed by atoms with Gasteiger partial charge in [0.25, 0.3) is 0 Å². The molecule has 2 aliphatic heterocycles. The predicted octanol–water partition coefficient (Wildman–Crippen LogP) is 2.76. The number of hydrogen-bond acceptors (Lipinski definition) is 3. The lowest BCUT2D eigenvalue weighted by Crippen LogP contribution is -2.39. The van der Waals surface area contributed by atoms with Crippen molar-refractivity contribution < 1.29 is 9.53 Å². The summed E-state index contributed by atoms with van der Waals surface area (Å²) in [6.45, 7) is 3.91. The Balaban J connectivity index is 1.47. The van der Waals surface area contributed by atoms with Crippen LogP contribution in [0, 0.1) is 5.92 Å². The molecule has 4 nitrogen and oxygen atoms in total. The molecule has 1 aromatic rings. The highest BCUT2D eigenvalue weighted by Crippen LogP contribution is 2.32. The molecule has 1 aromatic carbocycles. The molecule has 0 radical (unpaired) electrons. The number of rotatable bonds is 7. The molecule has 2 aliphatic rings. The molecule has 0 aromatic heterocycles. The molecule has 2 atom stereocenters. The number of benzene rings is 1. The van der Waals surface area contributed by atoms with Crippen LogP contribution in [0.1, 0.15) is 50.2 Å². The Morgan fingerprint density at radius 2 is 1.91 bits per heavy atom. The fourth-order valence-corrected chi connectivity index (χ4v) is 3.95. The second-order valence-corrected chi connectivity index (χ2v) is 6.86. The summed E-state index contributed by atoms with van der Waals surface area (Å²) in [5.74, 6) is 0.731. The Bertz CT molecular complexity index is 520. The van der Waals surface area contributed by atoms with Crippen molar-refractivity contribution in [3.05, 3.63) is 35.4 Å². The molecule has 0 aliphatic carbocycles. The molecule has 23 heavy (non-hydrogen) atoms. The van der Waals surface area contributed by atoms with Crippen LogP contribution in [0.5, 0.6) is 0 Å². The molecule has 3 rings (SSSR count). The number of amides is 1. The Morgan fingerprint density at radius 3 is 2.61 bits per heavy atom. The van der Waals surface area contributed by atoms with E-state index in [2.05, 4.69) is 22.8 Å². The fourth-order valence-electron chi connectivity index (χ4n) is 3.95. The van der Waals surface area contributed by atoms with E-state index in [1.807, 2.05) is 19.1 Å². The summed E-state index contributed by atoms with van der Waals surface area (Å²) >= 11 is 0. The number of carbonyl (C=O) groups excluding carboxylic acids is 1. The second-order valence-electron chi connectivity index (χ2n) is 6.86. The first-order chi connectivity index (χ1) is 11.2. The summed E-state index contributed by atoms with van der Waals surface area (Å²) in [5.41, 5.74) is 2.31. The summed E-state index contributed by atoms with van der Waals surface area (Å²) in [6.07, 6.45) is 5.55. The van der Waals surface area contributed by atoms with Gasteiger partial charge in [-0.1, -0.05) is 24.3 Å². The van der Waals surface area contributed by atoms with E-state index in [1.165, 1.54) is 12.8 Å². The first kappa shape index (κ1) is 16.5. The highest BCUT2D eigenvalue weighted by atomic mass is 16.5. The molecular weight excluding hydrogens is 288 g/mol. The van der Waals surface area contributed by atoms with E-state index >= 15 is 0 Å². The Labute approximate surface area is 139 Å². The minimum Gasteiger partial charge on any atom is -0.377 e. The van der Waals surface area contributed by atoms with E-state index in [4.69, 9.17) is 4.74 Å². The average molecular weight is 316 g/mol. The lowest BCUT2D eigenvalue weighted by Gasteiger charge is -2.28. The van der Waals surface area contributed by atoms with Gasteiger partial charge in [0.1, 0.15) is 0 Å². The first-order valence-electron chi connectivity index (χ1n) is 8.92. The summed E-state index contributed by atoms with van der Waals surface area (Å²) in [7, 11) is 0. The van der Waals surface area contributed by atoms with Crippen molar-refractivity contribution in [2.75, 3.05) is 6.61 Å². The zero-order valence-corrected chi connectivity index (χ0v) is 14.0. The number of hydrogen-bond donors (Lipinski definition) is 2.